The van der Waals surface area contributed by atoms with Crippen molar-refractivity contribution in [1.82, 2.24) is 0 Å². The number of amides is 1. The molecule has 0 aliphatic carbocycles. The van der Waals surface area contributed by atoms with Gasteiger partial charge in [0.1, 0.15) is 5.75 Å². The van der Waals surface area contributed by atoms with Gasteiger partial charge in [-0.2, -0.15) is 0 Å². The molecule has 0 heterocycles. The van der Waals surface area contributed by atoms with Gasteiger partial charge in [-0.15, -0.1) is 0 Å². The van der Waals surface area contributed by atoms with Crippen molar-refractivity contribution in [3.63, 3.8) is 0 Å². The Kier molecular flexibility index (Phi) is 6.22. The van der Waals surface area contributed by atoms with E-state index in [0.717, 1.165) is 12.0 Å². The number of ether oxygens (including phenoxy) is 1. The summed E-state index contributed by atoms with van der Waals surface area (Å²) < 4.78 is 5.86. The Bertz CT molecular complexity index is 966. The first kappa shape index (κ1) is 19.4. The number of ketones is 1. The summed E-state index contributed by atoms with van der Waals surface area (Å²) in [5.74, 6) is 0.252. The van der Waals surface area contributed by atoms with Crippen molar-refractivity contribution < 1.29 is 14.3 Å². The summed E-state index contributed by atoms with van der Waals surface area (Å²) >= 11 is 0. The van der Waals surface area contributed by atoms with Crippen LogP contribution in [0.2, 0.25) is 0 Å². The van der Waals surface area contributed by atoms with Crippen molar-refractivity contribution in [3.05, 3.63) is 95.6 Å². The molecule has 0 unspecified atom stereocenters. The van der Waals surface area contributed by atoms with Crippen molar-refractivity contribution in [2.45, 2.75) is 26.4 Å². The van der Waals surface area contributed by atoms with Crippen LogP contribution in [0.5, 0.6) is 5.75 Å². The minimum Gasteiger partial charge on any atom is -0.481 e. The van der Waals surface area contributed by atoms with Crippen LogP contribution < -0.4 is 10.1 Å². The Balaban J connectivity index is 1.76. The monoisotopic (exact) mass is 373 g/mol. The summed E-state index contributed by atoms with van der Waals surface area (Å²) in [5, 5.41) is 2.83. The molecule has 3 aromatic rings. The quantitative estimate of drug-likeness (QED) is 0.600. The summed E-state index contributed by atoms with van der Waals surface area (Å²) in [6.45, 7) is 3.74. The maximum atomic E-state index is 12.8. The molecule has 4 heteroatoms. The molecule has 0 aromatic heterocycles. The topological polar surface area (TPSA) is 55.4 Å². The maximum absolute atomic E-state index is 12.8. The molecule has 0 saturated heterocycles. The number of rotatable bonds is 7. The van der Waals surface area contributed by atoms with Crippen LogP contribution in [0.1, 0.15) is 35.3 Å². The highest BCUT2D eigenvalue weighted by Gasteiger charge is 2.19. The van der Waals surface area contributed by atoms with E-state index < -0.39 is 6.10 Å². The number of benzene rings is 3. The number of aryl methyl sites for hydroxylation is 1. The van der Waals surface area contributed by atoms with E-state index in [2.05, 4.69) is 5.32 Å². The predicted octanol–water partition coefficient (Wildman–Crippen LogP) is 4.89. The lowest BCUT2D eigenvalue weighted by molar-refractivity contribution is -0.122. The fourth-order valence-electron chi connectivity index (χ4n) is 2.92. The molecule has 1 N–H and O–H groups in total. The summed E-state index contributed by atoms with van der Waals surface area (Å²) in [6, 6.07) is 23.7. The molecule has 0 radical (unpaired) electrons. The first-order valence-electron chi connectivity index (χ1n) is 9.34. The molecule has 0 bridgehead atoms. The summed E-state index contributed by atoms with van der Waals surface area (Å²) in [5.41, 5.74) is 2.54. The van der Waals surface area contributed by atoms with Crippen LogP contribution in [0.3, 0.4) is 0 Å². The Hall–Kier alpha value is -3.40. The maximum Gasteiger partial charge on any atom is 0.265 e. The van der Waals surface area contributed by atoms with Gasteiger partial charge in [-0.3, -0.25) is 9.59 Å². The first-order valence-corrected chi connectivity index (χ1v) is 9.34. The SMILES string of the molecule is CCc1ccccc1O[C@@H](C)C(=O)Nc1ccccc1C(=O)c1ccccc1. The number of nitrogens with one attached hydrogen (secondary N) is 1. The second-order valence-corrected chi connectivity index (χ2v) is 6.45. The molecule has 3 rings (SSSR count). The van der Waals surface area contributed by atoms with Gasteiger partial charge in [0.2, 0.25) is 0 Å². The molecular weight excluding hydrogens is 350 g/mol. The second-order valence-electron chi connectivity index (χ2n) is 6.45. The van der Waals surface area contributed by atoms with E-state index >= 15 is 0 Å². The molecule has 4 nitrogen and oxygen atoms in total. The molecule has 3 aromatic carbocycles. The zero-order valence-corrected chi connectivity index (χ0v) is 16.0. The van der Waals surface area contributed by atoms with E-state index in [1.165, 1.54) is 0 Å². The molecule has 0 fully saturated rings. The number of hydrogen-bond donors (Lipinski definition) is 1. The zero-order valence-electron chi connectivity index (χ0n) is 16.0. The molecule has 0 saturated carbocycles. The molecule has 0 aliphatic rings. The van der Waals surface area contributed by atoms with E-state index in [0.29, 0.717) is 22.6 Å². The highest BCUT2D eigenvalue weighted by atomic mass is 16.5. The normalized spacial score (nSPS) is 11.5. The third-order valence-corrected chi connectivity index (χ3v) is 4.49. The Morgan fingerprint density at radius 1 is 0.893 bits per heavy atom. The van der Waals surface area contributed by atoms with Crippen LogP contribution in [0.4, 0.5) is 5.69 Å². The van der Waals surface area contributed by atoms with Gasteiger partial charge in [-0.05, 0) is 37.1 Å². The van der Waals surface area contributed by atoms with Crippen LogP contribution in [0, 0.1) is 0 Å². The summed E-state index contributed by atoms with van der Waals surface area (Å²) in [4.78, 5) is 25.5. The van der Waals surface area contributed by atoms with E-state index in [1.54, 1.807) is 43.3 Å². The smallest absolute Gasteiger partial charge is 0.265 e. The molecular formula is C24H23NO3. The van der Waals surface area contributed by atoms with Crippen LogP contribution in [-0.4, -0.2) is 17.8 Å². The van der Waals surface area contributed by atoms with Gasteiger partial charge in [-0.1, -0.05) is 67.6 Å². The van der Waals surface area contributed by atoms with Gasteiger partial charge in [0.25, 0.3) is 5.91 Å². The van der Waals surface area contributed by atoms with Gasteiger partial charge >= 0.3 is 0 Å². The summed E-state index contributed by atoms with van der Waals surface area (Å²) in [6.07, 6.45) is 0.117. The third kappa shape index (κ3) is 4.46. The first-order chi connectivity index (χ1) is 13.6. The van der Waals surface area contributed by atoms with Crippen molar-refractivity contribution in [1.29, 1.82) is 0 Å². The van der Waals surface area contributed by atoms with Crippen molar-refractivity contribution in [3.8, 4) is 5.75 Å². The van der Waals surface area contributed by atoms with Crippen LogP contribution in [0.15, 0.2) is 78.9 Å². The zero-order chi connectivity index (χ0) is 19.9. The van der Waals surface area contributed by atoms with Gasteiger partial charge in [0, 0.05) is 11.1 Å². The minimum atomic E-state index is -0.701. The highest BCUT2D eigenvalue weighted by molar-refractivity contribution is 6.14. The van der Waals surface area contributed by atoms with E-state index in [9.17, 15) is 9.59 Å². The van der Waals surface area contributed by atoms with Gasteiger partial charge < -0.3 is 10.1 Å². The van der Waals surface area contributed by atoms with Crippen LogP contribution >= 0.6 is 0 Å². The Morgan fingerprint density at radius 2 is 1.54 bits per heavy atom. The molecule has 0 spiro atoms. The largest absolute Gasteiger partial charge is 0.481 e. The fraction of sp³-hybridized carbons (Fsp3) is 0.167. The fourth-order valence-corrected chi connectivity index (χ4v) is 2.92. The van der Waals surface area contributed by atoms with E-state index in [4.69, 9.17) is 4.74 Å². The molecule has 0 aliphatic heterocycles. The lowest BCUT2D eigenvalue weighted by atomic mass is 10.0. The van der Waals surface area contributed by atoms with Gasteiger partial charge in [-0.25, -0.2) is 0 Å². The van der Waals surface area contributed by atoms with E-state index in [-0.39, 0.29) is 11.7 Å². The lowest BCUT2D eigenvalue weighted by Gasteiger charge is -2.18. The molecule has 1 atom stereocenters. The molecule has 142 valence electrons. The number of hydrogen-bond acceptors (Lipinski definition) is 3. The van der Waals surface area contributed by atoms with Crippen molar-refractivity contribution in [2.24, 2.45) is 0 Å². The van der Waals surface area contributed by atoms with Gasteiger partial charge in [0.15, 0.2) is 11.9 Å². The Labute approximate surface area is 165 Å². The number of anilines is 1. The number of carbonyl (C=O) groups is 2. The van der Waals surface area contributed by atoms with Crippen LogP contribution in [0.25, 0.3) is 0 Å². The Morgan fingerprint density at radius 3 is 2.29 bits per heavy atom. The number of para-hydroxylation sites is 2. The van der Waals surface area contributed by atoms with Crippen molar-refractivity contribution in [2.75, 3.05) is 5.32 Å². The van der Waals surface area contributed by atoms with Crippen molar-refractivity contribution >= 4 is 17.4 Å². The van der Waals surface area contributed by atoms with Gasteiger partial charge in [0.05, 0.1) is 5.69 Å². The molecule has 28 heavy (non-hydrogen) atoms. The predicted molar refractivity (Wildman–Crippen MR) is 111 cm³/mol. The lowest BCUT2D eigenvalue weighted by Crippen LogP contribution is -2.31. The van der Waals surface area contributed by atoms with E-state index in [1.807, 2.05) is 49.4 Å². The third-order valence-electron chi connectivity index (χ3n) is 4.49. The average Bonchev–Trinajstić information content (AvgIpc) is 2.74. The second kappa shape index (κ2) is 9.00. The number of carbonyl (C=O) groups excluding carboxylic acids is 2. The minimum absolute atomic E-state index is 0.138. The summed E-state index contributed by atoms with van der Waals surface area (Å²) in [7, 11) is 0. The molecule has 1 amide bonds. The average molecular weight is 373 g/mol. The van der Waals surface area contributed by atoms with Crippen LogP contribution in [-0.2, 0) is 11.2 Å². The highest BCUT2D eigenvalue weighted by Crippen LogP contribution is 2.22. The standard InChI is InChI=1S/C24H23NO3/c1-3-18-11-7-10-16-22(18)28-17(2)24(27)25-21-15-9-8-14-20(21)23(26)19-12-5-4-6-13-19/h4-17H,3H2,1-2H3,(H,25,27)/t17-/m0/s1.